The van der Waals surface area contributed by atoms with Gasteiger partial charge in [-0.3, -0.25) is 4.72 Å². The van der Waals surface area contributed by atoms with Crippen LogP contribution in [0.15, 0.2) is 90.0 Å². The maximum atomic E-state index is 12.5. The Morgan fingerprint density at radius 1 is 0.977 bits per heavy atom. The summed E-state index contributed by atoms with van der Waals surface area (Å²) >= 11 is 0. The number of anilines is 1. The number of β-amino-alcohol motifs (C(OH)–C–C–N with tert-alkyl or cyclic N) is 1. The van der Waals surface area contributed by atoms with Crippen molar-refractivity contribution in [3.05, 3.63) is 96.2 Å². The molecule has 0 aliphatic heterocycles. The second-order valence-electron chi connectivity index (χ2n) is 10.5. The summed E-state index contributed by atoms with van der Waals surface area (Å²) in [6.45, 7) is 4.72. The average molecular weight is 618 g/mol. The first-order valence-corrected chi connectivity index (χ1v) is 14.7. The van der Waals surface area contributed by atoms with Gasteiger partial charge in [0, 0.05) is 41.4 Å². The molecule has 0 bridgehead atoms. The standard InChI is InChI=1S/C30H30F3N3O6S/c1-29(2,15-17-36-16-14-21-18-22(10-13-25(21)36)27(38)42-28(39)30(31,32)33)34-19-26(37)20-8-11-23(12-9-20)35-43(40,41)24-6-4-3-5-7-24/h3-14,16,18,26,34-35,37H,15,17,19H2,1-2H3. The predicted octanol–water partition coefficient (Wildman–Crippen LogP) is 5.18. The molecule has 228 valence electrons. The quantitative estimate of drug-likeness (QED) is 0.156. The molecule has 0 fully saturated rings. The summed E-state index contributed by atoms with van der Waals surface area (Å²) in [5.41, 5.74) is 1.11. The molecule has 0 spiro atoms. The first kappa shape index (κ1) is 31.7. The van der Waals surface area contributed by atoms with Gasteiger partial charge in [0.2, 0.25) is 0 Å². The summed E-state index contributed by atoms with van der Waals surface area (Å²) in [5, 5.41) is 14.6. The number of aromatic nitrogens is 1. The van der Waals surface area contributed by atoms with Crippen LogP contribution in [0.25, 0.3) is 10.9 Å². The lowest BCUT2D eigenvalue weighted by molar-refractivity contribution is -0.193. The van der Waals surface area contributed by atoms with Crippen LogP contribution in [0.1, 0.15) is 42.3 Å². The fourth-order valence-electron chi connectivity index (χ4n) is 4.29. The largest absolute Gasteiger partial charge is 0.491 e. The number of hydrogen-bond donors (Lipinski definition) is 3. The first-order chi connectivity index (χ1) is 20.1. The Kier molecular flexibility index (Phi) is 9.28. The van der Waals surface area contributed by atoms with Crippen LogP contribution < -0.4 is 10.0 Å². The fourth-order valence-corrected chi connectivity index (χ4v) is 5.37. The van der Waals surface area contributed by atoms with Gasteiger partial charge in [0.1, 0.15) is 0 Å². The van der Waals surface area contributed by atoms with Crippen molar-refractivity contribution in [2.45, 2.75) is 49.5 Å². The summed E-state index contributed by atoms with van der Waals surface area (Å²) < 4.78 is 70.6. The van der Waals surface area contributed by atoms with Gasteiger partial charge < -0.3 is 19.7 Å². The van der Waals surface area contributed by atoms with Gasteiger partial charge >= 0.3 is 18.1 Å². The number of ether oxygens (including phenoxy) is 1. The average Bonchev–Trinajstić information content (AvgIpc) is 3.37. The van der Waals surface area contributed by atoms with Gasteiger partial charge in [-0.2, -0.15) is 13.2 Å². The molecule has 0 saturated heterocycles. The van der Waals surface area contributed by atoms with Crippen molar-refractivity contribution in [2.75, 3.05) is 11.3 Å². The second kappa shape index (κ2) is 12.6. The van der Waals surface area contributed by atoms with Gasteiger partial charge in [0.25, 0.3) is 10.0 Å². The van der Waals surface area contributed by atoms with Gasteiger partial charge in [0.15, 0.2) is 0 Å². The molecule has 3 aromatic carbocycles. The number of halogens is 3. The summed E-state index contributed by atoms with van der Waals surface area (Å²) in [7, 11) is -3.73. The number of aliphatic hydroxyl groups excluding tert-OH is 1. The van der Waals surface area contributed by atoms with Gasteiger partial charge in [-0.15, -0.1) is 0 Å². The van der Waals surface area contributed by atoms with E-state index in [2.05, 4.69) is 14.8 Å². The number of hydrogen-bond acceptors (Lipinski definition) is 7. The van der Waals surface area contributed by atoms with Crippen molar-refractivity contribution < 1.29 is 41.0 Å². The first-order valence-electron chi connectivity index (χ1n) is 13.2. The summed E-state index contributed by atoms with van der Waals surface area (Å²) in [6.07, 6.45) is -3.71. The number of sulfonamides is 1. The lowest BCUT2D eigenvalue weighted by Crippen LogP contribution is -2.42. The lowest BCUT2D eigenvalue weighted by atomic mass is 9.99. The van der Waals surface area contributed by atoms with Crippen LogP contribution in [-0.2, 0) is 26.1 Å². The zero-order chi connectivity index (χ0) is 31.4. The number of benzene rings is 3. The molecule has 1 unspecified atom stereocenters. The number of aryl methyl sites for hydroxylation is 1. The molecule has 0 aliphatic carbocycles. The maximum Gasteiger partial charge on any atom is 0.491 e. The number of nitrogens with one attached hydrogen (secondary N) is 2. The van der Waals surface area contributed by atoms with E-state index in [1.54, 1.807) is 60.8 Å². The van der Waals surface area contributed by atoms with Crippen molar-refractivity contribution in [3.63, 3.8) is 0 Å². The van der Waals surface area contributed by atoms with E-state index in [0.29, 0.717) is 29.6 Å². The molecule has 1 heterocycles. The number of nitrogens with zero attached hydrogens (tertiary/aromatic N) is 1. The Bertz CT molecular complexity index is 1700. The van der Waals surface area contributed by atoms with E-state index in [9.17, 15) is 36.3 Å². The lowest BCUT2D eigenvalue weighted by Gasteiger charge is -2.28. The minimum Gasteiger partial charge on any atom is -0.387 e. The van der Waals surface area contributed by atoms with Crippen LogP contribution >= 0.6 is 0 Å². The Hall–Kier alpha value is -4.20. The van der Waals surface area contributed by atoms with Crippen LogP contribution in [0.5, 0.6) is 0 Å². The van der Waals surface area contributed by atoms with Gasteiger partial charge in [-0.05, 0) is 74.4 Å². The Balaban J connectivity index is 1.30. The maximum absolute atomic E-state index is 12.5. The number of alkyl halides is 3. The van der Waals surface area contributed by atoms with E-state index < -0.39 is 39.8 Å². The number of carbonyl (C=O) groups is 2. The van der Waals surface area contributed by atoms with Crippen molar-refractivity contribution in [2.24, 2.45) is 0 Å². The third kappa shape index (κ3) is 8.21. The molecule has 0 aliphatic rings. The van der Waals surface area contributed by atoms with Crippen molar-refractivity contribution >= 4 is 38.6 Å². The minimum atomic E-state index is -5.27. The van der Waals surface area contributed by atoms with Crippen molar-refractivity contribution in [1.82, 2.24) is 9.88 Å². The number of fused-ring (bicyclic) bond motifs is 1. The zero-order valence-corrected chi connectivity index (χ0v) is 24.1. The highest BCUT2D eigenvalue weighted by Gasteiger charge is 2.42. The Morgan fingerprint density at radius 3 is 2.30 bits per heavy atom. The van der Waals surface area contributed by atoms with Crippen molar-refractivity contribution in [3.8, 4) is 0 Å². The van der Waals surface area contributed by atoms with E-state index in [1.807, 2.05) is 18.4 Å². The molecule has 3 N–H and O–H groups in total. The van der Waals surface area contributed by atoms with Gasteiger partial charge in [-0.1, -0.05) is 30.3 Å². The number of rotatable bonds is 11. The molecule has 9 nitrogen and oxygen atoms in total. The molecule has 0 amide bonds. The highest BCUT2D eigenvalue weighted by Crippen LogP contribution is 2.23. The molecule has 43 heavy (non-hydrogen) atoms. The van der Waals surface area contributed by atoms with Crippen LogP contribution in [-0.4, -0.2) is 48.3 Å². The minimum absolute atomic E-state index is 0.144. The van der Waals surface area contributed by atoms with E-state index in [1.165, 1.54) is 24.3 Å². The molecule has 4 aromatic rings. The monoisotopic (exact) mass is 617 g/mol. The summed E-state index contributed by atoms with van der Waals surface area (Å²) in [6, 6.07) is 20.4. The molecular formula is C30H30F3N3O6S. The van der Waals surface area contributed by atoms with Crippen molar-refractivity contribution in [1.29, 1.82) is 0 Å². The molecule has 1 aromatic heterocycles. The van der Waals surface area contributed by atoms with E-state index >= 15 is 0 Å². The predicted molar refractivity (Wildman–Crippen MR) is 154 cm³/mol. The van der Waals surface area contributed by atoms with Crippen LogP contribution in [0, 0.1) is 0 Å². The molecule has 13 heteroatoms. The van der Waals surface area contributed by atoms with Crippen LogP contribution in [0.3, 0.4) is 0 Å². The molecular weight excluding hydrogens is 587 g/mol. The fraction of sp³-hybridized carbons (Fsp3) is 0.267. The smallest absolute Gasteiger partial charge is 0.387 e. The Labute approximate surface area is 246 Å². The SMILES string of the molecule is CC(C)(CCn1ccc2cc(C(=O)OC(=O)C(F)(F)F)ccc21)NCC(O)c1ccc(NS(=O)(=O)c2ccccc2)cc1. The second-order valence-corrected chi connectivity index (χ2v) is 12.2. The highest BCUT2D eigenvalue weighted by atomic mass is 32.2. The third-order valence-electron chi connectivity index (χ3n) is 6.78. The van der Waals surface area contributed by atoms with Crippen LogP contribution in [0.4, 0.5) is 18.9 Å². The summed E-state index contributed by atoms with van der Waals surface area (Å²) in [4.78, 5) is 23.1. The number of esters is 2. The summed E-state index contributed by atoms with van der Waals surface area (Å²) in [5.74, 6) is -3.96. The van der Waals surface area contributed by atoms with Crippen LogP contribution in [0.2, 0.25) is 0 Å². The zero-order valence-electron chi connectivity index (χ0n) is 23.3. The van der Waals surface area contributed by atoms with E-state index in [4.69, 9.17) is 0 Å². The molecule has 4 rings (SSSR count). The molecule has 0 radical (unpaired) electrons. The normalized spacial score (nSPS) is 13.1. The van der Waals surface area contributed by atoms with Gasteiger partial charge in [0.05, 0.1) is 16.6 Å². The van der Waals surface area contributed by atoms with E-state index in [-0.39, 0.29) is 17.0 Å². The van der Waals surface area contributed by atoms with E-state index in [0.717, 1.165) is 5.52 Å². The number of carbonyl (C=O) groups excluding carboxylic acids is 2. The molecule has 1 atom stereocenters. The topological polar surface area (TPSA) is 127 Å². The third-order valence-corrected chi connectivity index (χ3v) is 8.17. The number of aliphatic hydroxyl groups is 1. The Morgan fingerprint density at radius 2 is 1.65 bits per heavy atom. The highest BCUT2D eigenvalue weighted by molar-refractivity contribution is 7.92. The molecule has 0 saturated carbocycles. The van der Waals surface area contributed by atoms with Gasteiger partial charge in [-0.25, -0.2) is 18.0 Å².